The van der Waals surface area contributed by atoms with E-state index >= 15 is 0 Å². The van der Waals surface area contributed by atoms with Crippen LogP contribution in [0, 0.1) is 0 Å². The average Bonchev–Trinajstić information content (AvgIpc) is 3.07. The summed E-state index contributed by atoms with van der Waals surface area (Å²) in [6.45, 7) is 4.05. The van der Waals surface area contributed by atoms with Crippen LogP contribution in [0.2, 0.25) is 0 Å². The van der Waals surface area contributed by atoms with E-state index < -0.39 is 0 Å². The minimum atomic E-state index is -0.376. The van der Waals surface area contributed by atoms with Gasteiger partial charge in [0.05, 0.1) is 0 Å². The van der Waals surface area contributed by atoms with E-state index in [0.717, 1.165) is 28.2 Å². The third kappa shape index (κ3) is 3.21. The Morgan fingerprint density at radius 1 is 0.923 bits per heavy atom. The van der Waals surface area contributed by atoms with Crippen molar-refractivity contribution in [2.75, 3.05) is 0 Å². The summed E-state index contributed by atoms with van der Waals surface area (Å²) in [5.74, 6) is 0.156. The molecule has 0 aliphatic rings. The molecule has 0 fully saturated rings. The highest BCUT2D eigenvalue weighted by molar-refractivity contribution is 6.08. The van der Waals surface area contributed by atoms with Crippen molar-refractivity contribution in [3.63, 3.8) is 0 Å². The SMILES string of the molecule is CC(C)(Cc1ccccc1)NC(=O)c1cc2c(ccc3ccccc32)o1. The zero-order valence-electron chi connectivity index (χ0n) is 15.0. The molecule has 3 aromatic carbocycles. The van der Waals surface area contributed by atoms with Crippen LogP contribution in [-0.4, -0.2) is 11.4 Å². The minimum Gasteiger partial charge on any atom is -0.451 e. The number of carbonyl (C=O) groups excluding carboxylic acids is 1. The summed E-state index contributed by atoms with van der Waals surface area (Å²) in [6, 6.07) is 24.0. The summed E-state index contributed by atoms with van der Waals surface area (Å²) in [5.41, 5.74) is 1.54. The van der Waals surface area contributed by atoms with Crippen LogP contribution in [0.25, 0.3) is 21.7 Å². The van der Waals surface area contributed by atoms with Gasteiger partial charge in [0.15, 0.2) is 5.76 Å². The molecule has 3 nitrogen and oxygen atoms in total. The maximum absolute atomic E-state index is 12.8. The molecule has 1 heterocycles. The molecule has 0 spiro atoms. The van der Waals surface area contributed by atoms with Gasteiger partial charge in [-0.1, -0.05) is 60.7 Å². The molecule has 0 aliphatic carbocycles. The normalized spacial score (nSPS) is 11.8. The molecule has 0 aliphatic heterocycles. The Hall–Kier alpha value is -3.07. The number of nitrogens with one attached hydrogen (secondary N) is 1. The average molecular weight is 343 g/mol. The van der Waals surface area contributed by atoms with E-state index in [1.165, 1.54) is 5.56 Å². The van der Waals surface area contributed by atoms with E-state index in [1.54, 1.807) is 0 Å². The first-order chi connectivity index (χ1) is 12.5. The van der Waals surface area contributed by atoms with Gasteiger partial charge in [-0.15, -0.1) is 0 Å². The van der Waals surface area contributed by atoms with Gasteiger partial charge >= 0.3 is 0 Å². The molecule has 0 saturated carbocycles. The summed E-state index contributed by atoms with van der Waals surface area (Å²) in [4.78, 5) is 12.8. The number of carbonyl (C=O) groups is 1. The topological polar surface area (TPSA) is 42.2 Å². The zero-order valence-corrected chi connectivity index (χ0v) is 15.0. The summed E-state index contributed by atoms with van der Waals surface area (Å²) in [7, 11) is 0. The van der Waals surface area contributed by atoms with E-state index in [1.807, 2.05) is 68.4 Å². The number of amides is 1. The standard InChI is InChI=1S/C23H21NO2/c1-23(2,15-16-8-4-3-5-9-16)24-22(25)21-14-19-18-11-7-6-10-17(18)12-13-20(19)26-21/h3-14H,15H2,1-2H3,(H,24,25). The van der Waals surface area contributed by atoms with Gasteiger partial charge in [0.25, 0.3) is 5.91 Å². The maximum atomic E-state index is 12.8. The lowest BCUT2D eigenvalue weighted by Gasteiger charge is -2.26. The molecule has 1 amide bonds. The van der Waals surface area contributed by atoms with Gasteiger partial charge in [0, 0.05) is 10.9 Å². The van der Waals surface area contributed by atoms with Crippen LogP contribution in [0.4, 0.5) is 0 Å². The summed E-state index contributed by atoms with van der Waals surface area (Å²) in [5, 5.41) is 6.29. The van der Waals surface area contributed by atoms with Crippen molar-refractivity contribution in [1.29, 1.82) is 0 Å². The first-order valence-corrected chi connectivity index (χ1v) is 8.80. The van der Waals surface area contributed by atoms with Gasteiger partial charge in [0.2, 0.25) is 0 Å². The molecule has 0 radical (unpaired) electrons. The monoisotopic (exact) mass is 343 g/mol. The number of rotatable bonds is 4. The van der Waals surface area contributed by atoms with Crippen LogP contribution in [0.15, 0.2) is 77.2 Å². The van der Waals surface area contributed by atoms with Crippen LogP contribution >= 0.6 is 0 Å². The molecular formula is C23H21NO2. The van der Waals surface area contributed by atoms with Crippen molar-refractivity contribution >= 4 is 27.6 Å². The van der Waals surface area contributed by atoms with Crippen LogP contribution in [-0.2, 0) is 6.42 Å². The van der Waals surface area contributed by atoms with Gasteiger partial charge in [-0.05, 0) is 48.7 Å². The number of hydrogen-bond donors (Lipinski definition) is 1. The number of furan rings is 1. The van der Waals surface area contributed by atoms with Crippen LogP contribution in [0.5, 0.6) is 0 Å². The second-order valence-electron chi connectivity index (χ2n) is 7.31. The van der Waals surface area contributed by atoms with Crippen molar-refractivity contribution in [3.05, 3.63) is 84.1 Å². The lowest BCUT2D eigenvalue weighted by atomic mass is 9.95. The van der Waals surface area contributed by atoms with Gasteiger partial charge in [-0.2, -0.15) is 0 Å². The molecular weight excluding hydrogens is 322 g/mol. The molecule has 4 aromatic rings. The lowest BCUT2D eigenvalue weighted by molar-refractivity contribution is 0.0886. The third-order valence-corrected chi connectivity index (χ3v) is 4.59. The quantitative estimate of drug-likeness (QED) is 0.544. The van der Waals surface area contributed by atoms with Crippen LogP contribution < -0.4 is 5.32 Å². The first kappa shape index (κ1) is 16.4. The Kier molecular flexibility index (Phi) is 4.00. The van der Waals surface area contributed by atoms with Crippen LogP contribution in [0.1, 0.15) is 30.0 Å². The molecule has 1 aromatic heterocycles. The van der Waals surface area contributed by atoms with Gasteiger partial charge in [-0.3, -0.25) is 4.79 Å². The molecule has 4 rings (SSSR count). The number of benzene rings is 3. The van der Waals surface area contributed by atoms with Crippen molar-refractivity contribution < 1.29 is 9.21 Å². The van der Waals surface area contributed by atoms with E-state index in [-0.39, 0.29) is 11.4 Å². The Bertz CT molecular complexity index is 1080. The number of fused-ring (bicyclic) bond motifs is 3. The fourth-order valence-electron chi connectivity index (χ4n) is 3.42. The molecule has 0 bridgehead atoms. The van der Waals surface area contributed by atoms with Gasteiger partial charge < -0.3 is 9.73 Å². The fraction of sp³-hybridized carbons (Fsp3) is 0.174. The molecule has 3 heteroatoms. The zero-order chi connectivity index (χ0) is 18.1. The Labute approximate surface area is 152 Å². The highest BCUT2D eigenvalue weighted by Crippen LogP contribution is 2.28. The van der Waals surface area contributed by atoms with E-state index in [9.17, 15) is 4.79 Å². The molecule has 1 N–H and O–H groups in total. The fourth-order valence-corrected chi connectivity index (χ4v) is 3.42. The van der Waals surface area contributed by atoms with E-state index in [4.69, 9.17) is 4.42 Å². The predicted octanol–water partition coefficient (Wildman–Crippen LogP) is 5.34. The summed E-state index contributed by atoms with van der Waals surface area (Å²) in [6.07, 6.45) is 0.753. The van der Waals surface area contributed by atoms with Crippen molar-refractivity contribution in [1.82, 2.24) is 5.32 Å². The minimum absolute atomic E-state index is 0.189. The molecule has 0 saturated heterocycles. The van der Waals surface area contributed by atoms with E-state index in [2.05, 4.69) is 23.5 Å². The lowest BCUT2D eigenvalue weighted by Crippen LogP contribution is -2.45. The Morgan fingerprint density at radius 2 is 1.65 bits per heavy atom. The van der Waals surface area contributed by atoms with Gasteiger partial charge in [-0.25, -0.2) is 0 Å². The second kappa shape index (κ2) is 6.34. The Balaban J connectivity index is 1.60. The molecule has 0 unspecified atom stereocenters. The molecule has 26 heavy (non-hydrogen) atoms. The highest BCUT2D eigenvalue weighted by atomic mass is 16.3. The smallest absolute Gasteiger partial charge is 0.287 e. The van der Waals surface area contributed by atoms with E-state index in [0.29, 0.717) is 5.76 Å². The predicted molar refractivity (Wildman–Crippen MR) is 105 cm³/mol. The maximum Gasteiger partial charge on any atom is 0.287 e. The van der Waals surface area contributed by atoms with Crippen molar-refractivity contribution in [3.8, 4) is 0 Å². The summed E-state index contributed by atoms with van der Waals surface area (Å²) >= 11 is 0. The number of hydrogen-bond acceptors (Lipinski definition) is 2. The van der Waals surface area contributed by atoms with Crippen LogP contribution in [0.3, 0.4) is 0 Å². The first-order valence-electron chi connectivity index (χ1n) is 8.80. The van der Waals surface area contributed by atoms with Gasteiger partial charge in [0.1, 0.15) is 5.58 Å². The molecule has 0 atom stereocenters. The second-order valence-corrected chi connectivity index (χ2v) is 7.31. The summed E-state index contributed by atoms with van der Waals surface area (Å²) < 4.78 is 5.82. The highest BCUT2D eigenvalue weighted by Gasteiger charge is 2.24. The third-order valence-electron chi connectivity index (χ3n) is 4.59. The Morgan fingerprint density at radius 3 is 2.46 bits per heavy atom. The largest absolute Gasteiger partial charge is 0.451 e. The van der Waals surface area contributed by atoms with Crippen molar-refractivity contribution in [2.24, 2.45) is 0 Å². The molecule has 130 valence electrons. The van der Waals surface area contributed by atoms with Crippen molar-refractivity contribution in [2.45, 2.75) is 25.8 Å².